The van der Waals surface area contributed by atoms with E-state index in [0.29, 0.717) is 123 Å². The maximum Gasteiger partial charge on any atom is 0.326 e. The van der Waals surface area contributed by atoms with Gasteiger partial charge in [0.15, 0.2) is 0 Å². The van der Waals surface area contributed by atoms with E-state index in [1.807, 2.05) is 13.8 Å². The molecule has 0 fully saturated rings. The van der Waals surface area contributed by atoms with Crippen molar-refractivity contribution in [3.8, 4) is 0 Å². The highest BCUT2D eigenvalue weighted by Gasteiger charge is 2.34. The van der Waals surface area contributed by atoms with E-state index in [2.05, 4.69) is 31.9 Å². The zero-order valence-corrected chi connectivity index (χ0v) is 38.1. The summed E-state index contributed by atoms with van der Waals surface area (Å²) in [6.45, 7) is 5.95. The molecule has 0 spiro atoms. The van der Waals surface area contributed by atoms with E-state index in [1.165, 1.54) is 0 Å². The Morgan fingerprint density at radius 2 is 0.603 bits per heavy atom. The Balaban J connectivity index is 6.45. The van der Waals surface area contributed by atoms with E-state index in [1.54, 1.807) is 0 Å². The van der Waals surface area contributed by atoms with Crippen molar-refractivity contribution in [2.75, 3.05) is 39.3 Å². The number of carbonyl (C=O) groups excluding carboxylic acids is 6. The van der Waals surface area contributed by atoms with Crippen LogP contribution < -0.4 is 72.0 Å². The van der Waals surface area contributed by atoms with Gasteiger partial charge in [0.1, 0.15) is 36.3 Å². The first-order valence-corrected chi connectivity index (χ1v) is 23.1. The Labute approximate surface area is 374 Å². The molecule has 0 unspecified atom stereocenters. The molecule has 6 amide bonds. The minimum atomic E-state index is -1.22. The summed E-state index contributed by atoms with van der Waals surface area (Å²) >= 11 is 0. The van der Waals surface area contributed by atoms with Gasteiger partial charge in [-0.15, -0.1) is 0 Å². The highest BCUT2D eigenvalue weighted by Crippen LogP contribution is 2.12. The van der Waals surface area contributed by atoms with Crippen molar-refractivity contribution < 1.29 is 38.7 Å². The van der Waals surface area contributed by atoms with Crippen LogP contribution in [0.5, 0.6) is 0 Å². The highest BCUT2D eigenvalue weighted by molar-refractivity contribution is 5.97. The van der Waals surface area contributed by atoms with Crippen LogP contribution in [0.25, 0.3) is 0 Å². The lowest BCUT2D eigenvalue weighted by atomic mass is 10.00. The van der Waals surface area contributed by atoms with Crippen LogP contribution in [0, 0.1) is 5.92 Å². The molecule has 0 radical (unpaired) electrons. The van der Waals surface area contributed by atoms with Crippen molar-refractivity contribution >= 4 is 41.4 Å². The molecule has 0 rings (SSSR count). The van der Waals surface area contributed by atoms with Crippen LogP contribution in [0.2, 0.25) is 0 Å². The third-order valence-electron chi connectivity index (χ3n) is 10.5. The summed E-state index contributed by atoms with van der Waals surface area (Å²) in [5.41, 5.74) is 40.1. The van der Waals surface area contributed by atoms with Crippen molar-refractivity contribution in [1.82, 2.24) is 31.9 Å². The fraction of sp³-hybridized carbons (Fsp3) is 0.833. The normalized spacial score (nSPS) is 14.6. The van der Waals surface area contributed by atoms with Crippen molar-refractivity contribution in [2.24, 2.45) is 46.1 Å². The van der Waals surface area contributed by atoms with Crippen LogP contribution in [-0.4, -0.2) is 128 Å². The molecule has 0 aromatic heterocycles. The number of rotatable bonds is 39. The zero-order chi connectivity index (χ0) is 47.6. The van der Waals surface area contributed by atoms with Crippen LogP contribution in [-0.2, 0) is 33.6 Å². The molecule has 0 aliphatic carbocycles. The average molecular weight is 900 g/mol. The van der Waals surface area contributed by atoms with E-state index in [9.17, 15) is 38.7 Å². The van der Waals surface area contributed by atoms with Crippen LogP contribution in [0.4, 0.5) is 0 Å². The first-order valence-electron chi connectivity index (χ1n) is 23.1. The number of aliphatic carboxylic acids is 1. The molecule has 7 atom stereocenters. The number of unbranched alkanes of at least 4 members (excludes halogenated alkanes) is 6. The molecule has 0 aromatic carbocycles. The predicted molar refractivity (Wildman–Crippen MR) is 244 cm³/mol. The average Bonchev–Trinajstić information content (AvgIpc) is 3.24. The second-order valence-corrected chi connectivity index (χ2v) is 16.6. The molecule has 63 heavy (non-hydrogen) atoms. The maximum absolute atomic E-state index is 14.1. The number of carbonyl (C=O) groups is 7. The third kappa shape index (κ3) is 27.1. The standard InChI is InChI=1S/C42H85N13O8/c1-28(2)27-35(55-40(60)33(19-7-13-25-47)52-37(57)30(16-4-10-22-44)50-36(56)29(49)15-3-9-21-43)41(61)53-31(17-5-11-23-45)38(58)51-32(18-6-12-24-46)39(59)54-34(42(62)63)20-8-14-26-48/h28-35H,3-27,43-49H2,1-2H3,(H,50,56)(H,51,58)(H,52,57)(H,53,61)(H,54,59)(H,55,60)(H,62,63)/t29-,30-,31-,32-,33-,34-,35-/m0/s1. The molecule has 21 N–H and O–H groups in total. The van der Waals surface area contributed by atoms with E-state index in [-0.39, 0.29) is 44.4 Å². The van der Waals surface area contributed by atoms with Crippen molar-refractivity contribution in [2.45, 2.75) is 178 Å². The molecule has 0 saturated carbocycles. The summed E-state index contributed by atoms with van der Waals surface area (Å²) in [6, 6.07) is -7.60. The molecule has 21 nitrogen and oxygen atoms in total. The lowest BCUT2D eigenvalue weighted by Gasteiger charge is -2.28. The molecule has 0 aromatic rings. The van der Waals surface area contributed by atoms with Gasteiger partial charge in [0.05, 0.1) is 6.04 Å². The summed E-state index contributed by atoms with van der Waals surface area (Å²) in [5, 5.41) is 26.1. The summed E-state index contributed by atoms with van der Waals surface area (Å²) < 4.78 is 0. The molecule has 0 aliphatic heterocycles. The molecule has 0 bridgehead atoms. The predicted octanol–water partition coefficient (Wildman–Crippen LogP) is -1.87. The molecule has 366 valence electrons. The number of hydrogen-bond acceptors (Lipinski definition) is 14. The van der Waals surface area contributed by atoms with Crippen LogP contribution >= 0.6 is 0 Å². The van der Waals surface area contributed by atoms with Gasteiger partial charge in [-0.3, -0.25) is 28.8 Å². The Kier molecular flexibility index (Phi) is 34.1. The van der Waals surface area contributed by atoms with Crippen molar-refractivity contribution in [3.05, 3.63) is 0 Å². The summed E-state index contributed by atoms with van der Waals surface area (Å²) in [6.07, 6.45) is 7.96. The first-order chi connectivity index (χ1) is 30.1. The summed E-state index contributed by atoms with van der Waals surface area (Å²) in [4.78, 5) is 94.4. The quantitative estimate of drug-likeness (QED) is 0.0301. The lowest BCUT2D eigenvalue weighted by Crippen LogP contribution is -2.60. The number of hydrogen-bond donors (Lipinski definition) is 14. The SMILES string of the molecule is CC(C)C[C@H](NC(=O)[C@H](CCCCN)NC(=O)[C@H](CCCCN)NC(=O)[C@@H](N)CCCCN)C(=O)N[C@@H](CCCCN)C(=O)N[C@@H](CCCCN)C(=O)N[C@@H](CCCCN)C(=O)O. The van der Waals surface area contributed by atoms with Crippen molar-refractivity contribution in [1.29, 1.82) is 0 Å². The van der Waals surface area contributed by atoms with Crippen LogP contribution in [0.3, 0.4) is 0 Å². The molecular weight excluding hydrogens is 815 g/mol. The second kappa shape index (κ2) is 36.4. The number of nitrogens with one attached hydrogen (secondary N) is 6. The monoisotopic (exact) mass is 900 g/mol. The van der Waals surface area contributed by atoms with Gasteiger partial charge in [0.25, 0.3) is 0 Å². The van der Waals surface area contributed by atoms with Crippen LogP contribution in [0.1, 0.15) is 136 Å². The largest absolute Gasteiger partial charge is 0.480 e. The van der Waals surface area contributed by atoms with Gasteiger partial charge in [-0.2, -0.15) is 0 Å². The second-order valence-electron chi connectivity index (χ2n) is 16.6. The zero-order valence-electron chi connectivity index (χ0n) is 38.1. The van der Waals surface area contributed by atoms with Gasteiger partial charge in [0, 0.05) is 0 Å². The topological polar surface area (TPSA) is 394 Å². The third-order valence-corrected chi connectivity index (χ3v) is 10.5. The molecule has 0 aliphatic rings. The maximum atomic E-state index is 14.1. The van der Waals surface area contributed by atoms with E-state index < -0.39 is 83.7 Å². The van der Waals surface area contributed by atoms with E-state index in [0.717, 1.165) is 0 Å². The fourth-order valence-corrected chi connectivity index (χ4v) is 6.78. The molecule has 0 heterocycles. The van der Waals surface area contributed by atoms with E-state index >= 15 is 0 Å². The Morgan fingerprint density at radius 3 is 0.889 bits per heavy atom. The first kappa shape index (κ1) is 59.0. The van der Waals surface area contributed by atoms with Gasteiger partial charge in [-0.1, -0.05) is 20.3 Å². The van der Waals surface area contributed by atoms with Gasteiger partial charge in [-0.25, -0.2) is 4.79 Å². The van der Waals surface area contributed by atoms with Crippen molar-refractivity contribution in [3.63, 3.8) is 0 Å². The highest BCUT2D eigenvalue weighted by atomic mass is 16.4. The smallest absolute Gasteiger partial charge is 0.326 e. The number of amides is 6. The van der Waals surface area contributed by atoms with E-state index in [4.69, 9.17) is 40.1 Å². The fourth-order valence-electron chi connectivity index (χ4n) is 6.78. The Bertz CT molecular complexity index is 1330. The Morgan fingerprint density at radius 1 is 0.365 bits per heavy atom. The van der Waals surface area contributed by atoms with Gasteiger partial charge in [0.2, 0.25) is 35.4 Å². The Hall–Kier alpha value is -3.99. The summed E-state index contributed by atoms with van der Waals surface area (Å²) in [7, 11) is 0. The van der Waals surface area contributed by atoms with Gasteiger partial charge < -0.3 is 77.1 Å². The molecule has 21 heteroatoms. The number of nitrogens with two attached hydrogens (primary N) is 7. The number of carboxylic acid groups (broad SMARTS) is 1. The minimum absolute atomic E-state index is 0.102. The minimum Gasteiger partial charge on any atom is -0.480 e. The van der Waals surface area contributed by atoms with Crippen LogP contribution in [0.15, 0.2) is 0 Å². The molecule has 0 saturated heterocycles. The number of carboxylic acids is 1. The van der Waals surface area contributed by atoms with Gasteiger partial charge in [-0.05, 0) is 161 Å². The lowest BCUT2D eigenvalue weighted by molar-refractivity contribution is -0.142. The molecular formula is C42H85N13O8. The van der Waals surface area contributed by atoms with Gasteiger partial charge >= 0.3 is 5.97 Å². The summed E-state index contributed by atoms with van der Waals surface area (Å²) in [5.74, 6) is -5.10.